The number of ether oxygens (including phenoxy) is 1. The van der Waals surface area contributed by atoms with E-state index in [0.717, 1.165) is 17.9 Å². The van der Waals surface area contributed by atoms with Crippen LogP contribution in [-0.4, -0.2) is 7.11 Å². The molecule has 0 radical (unpaired) electrons. The Balaban J connectivity index is 1.81. The van der Waals surface area contributed by atoms with E-state index in [1.807, 2.05) is 18.2 Å². The summed E-state index contributed by atoms with van der Waals surface area (Å²) >= 11 is 12.7. The Hall–Kier alpha value is -1.64. The van der Waals surface area contributed by atoms with Crippen molar-refractivity contribution in [1.29, 1.82) is 0 Å². The lowest BCUT2D eigenvalue weighted by Crippen LogP contribution is -2.29. The van der Waals surface area contributed by atoms with Crippen LogP contribution in [0.5, 0.6) is 5.75 Å². The van der Waals surface area contributed by atoms with Crippen molar-refractivity contribution in [3.8, 4) is 5.75 Å². The molecule has 1 heterocycles. The van der Waals surface area contributed by atoms with Crippen LogP contribution in [0.4, 0.5) is 5.69 Å². The second-order valence-electron chi connectivity index (χ2n) is 6.10. The summed E-state index contributed by atoms with van der Waals surface area (Å²) in [7, 11) is 1.70. The molecule has 4 rings (SSSR count). The Morgan fingerprint density at radius 2 is 2.04 bits per heavy atom. The molecular formula is C19H17Cl2NO. The molecule has 2 aromatic rings. The lowest BCUT2D eigenvalue weighted by Gasteiger charge is -2.38. The molecule has 1 aliphatic carbocycles. The first-order chi connectivity index (χ1) is 11.2. The summed E-state index contributed by atoms with van der Waals surface area (Å²) in [4.78, 5) is 0. The summed E-state index contributed by atoms with van der Waals surface area (Å²) < 4.78 is 5.38. The monoisotopic (exact) mass is 345 g/mol. The molecule has 0 amide bonds. The molecule has 1 aliphatic heterocycles. The highest BCUT2D eigenvalue weighted by molar-refractivity contribution is 6.36. The zero-order chi connectivity index (χ0) is 16.0. The first kappa shape index (κ1) is 14.9. The highest BCUT2D eigenvalue weighted by Gasteiger charge is 2.38. The third-order valence-corrected chi connectivity index (χ3v) is 5.35. The molecule has 0 saturated heterocycles. The standard InChI is InChI=1S/C19H17Cl2NO/c1-23-13-5-2-4-11(8-13)18-15-7-3-6-14(15)16-9-12(20)10-17(21)19(16)22-18/h2-6,8-10,14-15,18,22H,7H2,1H3/t14-,15-,18+/m1/s1. The molecule has 2 aromatic carbocycles. The number of allylic oxidation sites excluding steroid dienone is 2. The third kappa shape index (κ3) is 2.50. The average Bonchev–Trinajstić information content (AvgIpc) is 3.04. The van der Waals surface area contributed by atoms with Crippen LogP contribution in [0.2, 0.25) is 10.0 Å². The highest BCUT2D eigenvalue weighted by Crippen LogP contribution is 2.52. The van der Waals surface area contributed by atoms with Crippen LogP contribution in [0.25, 0.3) is 0 Å². The van der Waals surface area contributed by atoms with E-state index in [1.54, 1.807) is 13.2 Å². The van der Waals surface area contributed by atoms with Gasteiger partial charge in [0.2, 0.25) is 0 Å². The van der Waals surface area contributed by atoms with E-state index in [4.69, 9.17) is 27.9 Å². The van der Waals surface area contributed by atoms with E-state index >= 15 is 0 Å². The zero-order valence-electron chi connectivity index (χ0n) is 12.7. The SMILES string of the molecule is COc1cccc([C@@H]2Nc3c(Cl)cc(Cl)cc3[C@@H]3C=CC[C@H]32)c1. The molecule has 2 aliphatic rings. The van der Waals surface area contributed by atoms with Crippen LogP contribution in [0.3, 0.4) is 0 Å². The molecule has 3 atom stereocenters. The van der Waals surface area contributed by atoms with Gasteiger partial charge in [0.05, 0.1) is 23.9 Å². The summed E-state index contributed by atoms with van der Waals surface area (Å²) in [5.74, 6) is 1.68. The predicted molar refractivity (Wildman–Crippen MR) is 95.8 cm³/mol. The molecule has 4 heteroatoms. The minimum absolute atomic E-state index is 0.205. The fourth-order valence-electron chi connectivity index (χ4n) is 3.79. The minimum Gasteiger partial charge on any atom is -0.497 e. The molecule has 118 valence electrons. The average molecular weight is 346 g/mol. The number of hydrogen-bond donors (Lipinski definition) is 1. The Kier molecular flexibility index (Phi) is 3.74. The van der Waals surface area contributed by atoms with Gasteiger partial charge in [-0.15, -0.1) is 0 Å². The summed E-state index contributed by atoms with van der Waals surface area (Å²) in [6.07, 6.45) is 5.58. The molecule has 0 saturated carbocycles. The largest absolute Gasteiger partial charge is 0.497 e. The van der Waals surface area contributed by atoms with Gasteiger partial charge in [-0.25, -0.2) is 0 Å². The van der Waals surface area contributed by atoms with Crippen molar-refractivity contribution in [1.82, 2.24) is 0 Å². The van der Waals surface area contributed by atoms with Gasteiger partial charge in [-0.1, -0.05) is 47.5 Å². The number of rotatable bonds is 2. The van der Waals surface area contributed by atoms with Crippen molar-refractivity contribution in [2.75, 3.05) is 12.4 Å². The van der Waals surface area contributed by atoms with Crippen LogP contribution in [0, 0.1) is 5.92 Å². The number of benzene rings is 2. The molecular weight excluding hydrogens is 329 g/mol. The van der Waals surface area contributed by atoms with Crippen LogP contribution in [-0.2, 0) is 0 Å². The normalized spacial score (nSPS) is 24.7. The topological polar surface area (TPSA) is 21.3 Å². The quantitative estimate of drug-likeness (QED) is 0.691. The first-order valence-corrected chi connectivity index (χ1v) is 8.49. The molecule has 1 N–H and O–H groups in total. The van der Waals surface area contributed by atoms with Gasteiger partial charge >= 0.3 is 0 Å². The van der Waals surface area contributed by atoms with Crippen LogP contribution < -0.4 is 10.1 Å². The number of anilines is 1. The molecule has 0 bridgehead atoms. The lowest BCUT2D eigenvalue weighted by atomic mass is 9.77. The molecule has 0 fully saturated rings. The van der Waals surface area contributed by atoms with Crippen LogP contribution in [0.1, 0.15) is 29.5 Å². The van der Waals surface area contributed by atoms with Crippen LogP contribution in [0.15, 0.2) is 48.6 Å². The van der Waals surface area contributed by atoms with Gasteiger partial charge in [0.1, 0.15) is 5.75 Å². The molecule has 0 unspecified atom stereocenters. The molecule has 2 nitrogen and oxygen atoms in total. The highest BCUT2D eigenvalue weighted by atomic mass is 35.5. The van der Waals surface area contributed by atoms with E-state index in [2.05, 4.69) is 29.6 Å². The lowest BCUT2D eigenvalue weighted by molar-refractivity contribution is 0.406. The second-order valence-corrected chi connectivity index (χ2v) is 6.95. The summed E-state index contributed by atoms with van der Waals surface area (Å²) in [6, 6.07) is 12.3. The van der Waals surface area contributed by atoms with Gasteiger partial charge in [0.25, 0.3) is 0 Å². The van der Waals surface area contributed by atoms with Crippen molar-refractivity contribution in [3.05, 3.63) is 69.7 Å². The minimum atomic E-state index is 0.205. The van der Waals surface area contributed by atoms with E-state index in [1.165, 1.54) is 11.1 Å². The molecule has 0 spiro atoms. The van der Waals surface area contributed by atoms with Gasteiger partial charge < -0.3 is 10.1 Å². The second kappa shape index (κ2) is 5.77. The first-order valence-electron chi connectivity index (χ1n) is 7.73. The van der Waals surface area contributed by atoms with Gasteiger partial charge in [0, 0.05) is 10.9 Å². The van der Waals surface area contributed by atoms with Gasteiger partial charge in [-0.3, -0.25) is 0 Å². The fraction of sp³-hybridized carbons (Fsp3) is 0.263. The number of nitrogens with one attached hydrogen (secondary N) is 1. The maximum Gasteiger partial charge on any atom is 0.119 e. The summed E-state index contributed by atoms with van der Waals surface area (Å²) in [5.41, 5.74) is 3.41. The maximum atomic E-state index is 6.45. The van der Waals surface area contributed by atoms with E-state index in [0.29, 0.717) is 21.9 Å². The Bertz CT molecular complexity index is 787. The summed E-state index contributed by atoms with van der Waals surface area (Å²) in [6.45, 7) is 0. The van der Waals surface area contributed by atoms with Gasteiger partial charge in [-0.05, 0) is 47.7 Å². The number of halogens is 2. The zero-order valence-corrected chi connectivity index (χ0v) is 14.2. The Labute approximate surface area is 146 Å². The van der Waals surface area contributed by atoms with Crippen molar-refractivity contribution >= 4 is 28.9 Å². The van der Waals surface area contributed by atoms with Crippen molar-refractivity contribution in [3.63, 3.8) is 0 Å². The van der Waals surface area contributed by atoms with E-state index in [9.17, 15) is 0 Å². The number of fused-ring (bicyclic) bond motifs is 3. The van der Waals surface area contributed by atoms with Crippen LogP contribution >= 0.6 is 23.2 Å². The fourth-order valence-corrected chi connectivity index (χ4v) is 4.35. The van der Waals surface area contributed by atoms with Gasteiger partial charge in [0.15, 0.2) is 0 Å². The predicted octanol–water partition coefficient (Wildman–Crippen LogP) is 5.83. The third-order valence-electron chi connectivity index (χ3n) is 4.84. The Morgan fingerprint density at radius 1 is 1.17 bits per heavy atom. The van der Waals surface area contributed by atoms with E-state index in [-0.39, 0.29) is 6.04 Å². The van der Waals surface area contributed by atoms with Crippen molar-refractivity contribution in [2.45, 2.75) is 18.4 Å². The van der Waals surface area contributed by atoms with Gasteiger partial charge in [-0.2, -0.15) is 0 Å². The molecule has 0 aromatic heterocycles. The Morgan fingerprint density at radius 3 is 2.87 bits per heavy atom. The maximum absolute atomic E-state index is 6.45. The summed E-state index contributed by atoms with van der Waals surface area (Å²) in [5, 5.41) is 5.01. The smallest absolute Gasteiger partial charge is 0.119 e. The van der Waals surface area contributed by atoms with Crippen molar-refractivity contribution < 1.29 is 4.74 Å². The van der Waals surface area contributed by atoms with Crippen molar-refractivity contribution in [2.24, 2.45) is 5.92 Å². The number of methoxy groups -OCH3 is 1. The van der Waals surface area contributed by atoms with E-state index < -0.39 is 0 Å². The molecule has 23 heavy (non-hydrogen) atoms. The number of hydrogen-bond acceptors (Lipinski definition) is 2.